The van der Waals surface area contributed by atoms with Gasteiger partial charge in [-0.15, -0.1) is 0 Å². The number of carbonyl (C=O) groups is 2. The molecule has 9 nitrogen and oxygen atoms in total. The molecule has 1 aliphatic rings. The van der Waals surface area contributed by atoms with Crippen LogP contribution in [0, 0.1) is 0 Å². The van der Waals surface area contributed by atoms with Crippen LogP contribution in [0.1, 0.15) is 58.3 Å². The van der Waals surface area contributed by atoms with Crippen molar-refractivity contribution >= 4 is 34.8 Å². The number of nitrogens with two attached hydrogens (primary N) is 2. The molecular weight excluding hydrogens is 604 g/mol. The lowest BCUT2D eigenvalue weighted by Crippen LogP contribution is -2.34. The van der Waals surface area contributed by atoms with Gasteiger partial charge >= 0.3 is 18.4 Å². The number of aliphatic imine (C=N–C) groups is 1. The van der Waals surface area contributed by atoms with Crippen molar-refractivity contribution in [2.45, 2.75) is 44.6 Å². The van der Waals surface area contributed by atoms with Crippen LogP contribution >= 0.6 is 0 Å². The first-order chi connectivity index (χ1) is 21.3. The number of hydrogen-bond acceptors (Lipinski definition) is 3. The first-order valence-corrected chi connectivity index (χ1v) is 13.5. The van der Waals surface area contributed by atoms with E-state index >= 15 is 0 Å². The van der Waals surface area contributed by atoms with Gasteiger partial charge in [0, 0.05) is 16.9 Å². The van der Waals surface area contributed by atoms with E-state index in [9.17, 15) is 35.9 Å². The number of rotatable bonds is 6. The molecule has 3 aromatic carbocycles. The number of urea groups is 1. The molecule has 236 valence electrons. The molecule has 0 radical (unpaired) electrons. The van der Waals surface area contributed by atoms with Crippen molar-refractivity contribution in [1.82, 2.24) is 0 Å². The van der Waals surface area contributed by atoms with E-state index in [1.807, 2.05) is 12.1 Å². The largest absolute Gasteiger partial charge is 0.417 e. The summed E-state index contributed by atoms with van der Waals surface area (Å²) in [7, 11) is 0. The third kappa shape index (κ3) is 8.46. The van der Waals surface area contributed by atoms with Gasteiger partial charge in [-0.05, 0) is 84.8 Å². The number of hydrogen-bond donors (Lipinski definition) is 3. The average molecular weight is 632 g/mol. The zero-order valence-electron chi connectivity index (χ0n) is 23.5. The molecule has 3 aromatic rings. The normalized spacial score (nSPS) is 14.3. The van der Waals surface area contributed by atoms with Gasteiger partial charge in [-0.3, -0.25) is 9.69 Å². The van der Waals surface area contributed by atoms with Crippen molar-refractivity contribution in [3.63, 3.8) is 0 Å². The predicted molar refractivity (Wildman–Crippen MR) is 156 cm³/mol. The van der Waals surface area contributed by atoms with E-state index in [2.05, 4.69) is 26.7 Å². The Balaban J connectivity index is 1.65. The molecule has 45 heavy (non-hydrogen) atoms. The van der Waals surface area contributed by atoms with Gasteiger partial charge in [-0.1, -0.05) is 40.7 Å². The summed E-state index contributed by atoms with van der Waals surface area (Å²) in [6, 6.07) is 13.2. The summed E-state index contributed by atoms with van der Waals surface area (Å²) in [5, 5.41) is 8.46. The molecule has 1 aliphatic carbocycles. The topological polar surface area (TPSA) is 139 Å². The van der Waals surface area contributed by atoms with Crippen LogP contribution < -0.4 is 21.8 Å². The minimum atomic E-state index is -5.32. The zero-order chi connectivity index (χ0) is 32.8. The molecular formula is C30H27F6N7O2. The maximum absolute atomic E-state index is 13.5. The summed E-state index contributed by atoms with van der Waals surface area (Å²) < 4.78 is 80.3. The highest BCUT2D eigenvalue weighted by Crippen LogP contribution is 2.41. The fourth-order valence-corrected chi connectivity index (χ4v) is 4.72. The molecule has 0 aromatic heterocycles. The Morgan fingerprint density at radius 3 is 2.11 bits per heavy atom. The third-order valence-corrected chi connectivity index (χ3v) is 6.89. The lowest BCUT2D eigenvalue weighted by atomic mass is 9.93. The quantitative estimate of drug-likeness (QED) is 0.0641. The summed E-state index contributed by atoms with van der Waals surface area (Å²) >= 11 is 0. The number of benzene rings is 3. The summed E-state index contributed by atoms with van der Waals surface area (Å²) in [5.74, 6) is 3.68. The number of alkyl halides is 6. The SMILES string of the molecule is N/N=N\C(N)=NC(=O)c1ccc(CN(C(=O)Nc2ccc(C(F)(F)F)c(C(F)(F)F)c2)c2ccc(C3=CCCCC3)cc2)cc1. The van der Waals surface area contributed by atoms with Gasteiger partial charge in [0.25, 0.3) is 5.91 Å². The average Bonchev–Trinajstić information content (AvgIpc) is 3.00. The van der Waals surface area contributed by atoms with Gasteiger partial charge < -0.3 is 16.9 Å². The number of nitrogens with one attached hydrogen (secondary N) is 1. The molecule has 0 bridgehead atoms. The van der Waals surface area contributed by atoms with Gasteiger partial charge in [0.1, 0.15) is 0 Å². The van der Waals surface area contributed by atoms with Crippen molar-refractivity contribution in [2.24, 2.45) is 26.9 Å². The van der Waals surface area contributed by atoms with Gasteiger partial charge in [0.15, 0.2) is 0 Å². The minimum absolute atomic E-state index is 0.123. The number of amides is 3. The van der Waals surface area contributed by atoms with Crippen LogP contribution in [0.2, 0.25) is 0 Å². The van der Waals surface area contributed by atoms with Crippen LogP contribution in [0.4, 0.5) is 42.5 Å². The highest BCUT2D eigenvalue weighted by Gasteiger charge is 2.43. The smallest absolute Gasteiger partial charge is 0.366 e. The number of allylic oxidation sites excluding steroid dienone is 2. The van der Waals surface area contributed by atoms with Crippen LogP contribution in [0.25, 0.3) is 5.57 Å². The van der Waals surface area contributed by atoms with E-state index in [1.165, 1.54) is 29.2 Å². The Hall–Kier alpha value is -5.21. The second kappa shape index (κ2) is 13.6. The summed E-state index contributed by atoms with van der Waals surface area (Å²) in [5.41, 5.74) is 4.23. The number of nitrogens with zero attached hydrogens (tertiary/aromatic N) is 4. The van der Waals surface area contributed by atoms with Crippen LogP contribution in [-0.2, 0) is 18.9 Å². The molecule has 0 unspecified atom stereocenters. The minimum Gasteiger partial charge on any atom is -0.366 e. The van der Waals surface area contributed by atoms with Crippen molar-refractivity contribution in [1.29, 1.82) is 0 Å². The van der Waals surface area contributed by atoms with Crippen molar-refractivity contribution in [3.8, 4) is 0 Å². The maximum atomic E-state index is 13.5. The summed E-state index contributed by atoms with van der Waals surface area (Å²) in [6.07, 6.45) is -4.45. The zero-order valence-corrected chi connectivity index (χ0v) is 23.5. The van der Waals surface area contributed by atoms with Crippen molar-refractivity contribution in [2.75, 3.05) is 10.2 Å². The van der Waals surface area contributed by atoms with Crippen LogP contribution in [-0.4, -0.2) is 17.9 Å². The molecule has 0 atom stereocenters. The molecule has 0 spiro atoms. The van der Waals surface area contributed by atoms with Gasteiger partial charge in [-0.2, -0.15) is 31.3 Å². The van der Waals surface area contributed by atoms with Gasteiger partial charge in [0.05, 0.1) is 17.7 Å². The first kappa shape index (κ1) is 32.7. The molecule has 0 saturated carbocycles. The molecule has 5 N–H and O–H groups in total. The third-order valence-electron chi connectivity index (χ3n) is 6.89. The van der Waals surface area contributed by atoms with E-state index in [0.717, 1.165) is 42.9 Å². The fraction of sp³-hybridized carbons (Fsp3) is 0.233. The highest BCUT2D eigenvalue weighted by atomic mass is 19.4. The second-order valence-corrected chi connectivity index (χ2v) is 9.98. The molecule has 0 saturated heterocycles. The number of guanidine groups is 1. The van der Waals surface area contributed by atoms with E-state index in [0.29, 0.717) is 11.3 Å². The first-order valence-electron chi connectivity index (χ1n) is 13.5. The maximum Gasteiger partial charge on any atom is 0.417 e. The Morgan fingerprint density at radius 1 is 0.867 bits per heavy atom. The second-order valence-electron chi connectivity index (χ2n) is 9.98. The number of carbonyl (C=O) groups excluding carboxylic acids is 2. The van der Waals surface area contributed by atoms with Crippen LogP contribution in [0.3, 0.4) is 0 Å². The molecule has 0 aliphatic heterocycles. The van der Waals surface area contributed by atoms with Crippen molar-refractivity contribution in [3.05, 3.63) is 101 Å². The Kier molecular flexibility index (Phi) is 9.89. The lowest BCUT2D eigenvalue weighted by molar-refractivity contribution is -0.162. The fourth-order valence-electron chi connectivity index (χ4n) is 4.72. The molecule has 3 amide bonds. The van der Waals surface area contributed by atoms with E-state index in [1.54, 1.807) is 12.1 Å². The monoisotopic (exact) mass is 631 g/mol. The Bertz CT molecular complexity index is 1630. The van der Waals surface area contributed by atoms with Gasteiger partial charge in [0.2, 0.25) is 5.96 Å². The molecule has 0 heterocycles. The van der Waals surface area contributed by atoms with E-state index < -0.39 is 47.1 Å². The molecule has 4 rings (SSSR count). The molecule has 15 heteroatoms. The lowest BCUT2D eigenvalue weighted by Gasteiger charge is -2.25. The van der Waals surface area contributed by atoms with E-state index in [-0.39, 0.29) is 24.2 Å². The standard InChI is InChI=1S/C30H27F6N7O2/c31-29(32,33)24-15-12-22(16-25(24)30(34,35)36)39-28(45)43(23-13-10-20(11-14-23)19-4-2-1-3-5-19)17-18-6-8-21(9-7-18)26(44)40-27(37)41-42-38/h4,6-16H,1-3,5,17H2,(H,39,45)(H4,37,38,40,41,44). The van der Waals surface area contributed by atoms with Crippen molar-refractivity contribution < 1.29 is 35.9 Å². The highest BCUT2D eigenvalue weighted by molar-refractivity contribution is 6.03. The summed E-state index contributed by atoms with van der Waals surface area (Å²) in [4.78, 5) is 30.5. The number of anilines is 2. The predicted octanol–water partition coefficient (Wildman–Crippen LogP) is 7.70. The van der Waals surface area contributed by atoms with Crippen LogP contribution in [0.5, 0.6) is 0 Å². The number of halogens is 6. The van der Waals surface area contributed by atoms with Crippen LogP contribution in [0.15, 0.2) is 88.1 Å². The van der Waals surface area contributed by atoms with Gasteiger partial charge in [-0.25, -0.2) is 4.79 Å². The molecule has 0 fully saturated rings. The Morgan fingerprint density at radius 2 is 1.53 bits per heavy atom. The summed E-state index contributed by atoms with van der Waals surface area (Å²) in [6.45, 7) is -0.123. The Labute approximate surface area is 253 Å². The van der Waals surface area contributed by atoms with E-state index in [4.69, 9.17) is 11.6 Å².